The van der Waals surface area contributed by atoms with Gasteiger partial charge in [-0.3, -0.25) is 9.79 Å². The fraction of sp³-hybridized carbons (Fsp3) is 0.391. The third kappa shape index (κ3) is 9.02. The van der Waals surface area contributed by atoms with Crippen LogP contribution < -0.4 is 15.4 Å². The third-order valence-electron chi connectivity index (χ3n) is 4.25. The zero-order valence-electron chi connectivity index (χ0n) is 18.3. The van der Waals surface area contributed by atoms with Crippen molar-refractivity contribution in [1.29, 1.82) is 0 Å². The van der Waals surface area contributed by atoms with Crippen LogP contribution in [0.15, 0.2) is 53.5 Å². The van der Waals surface area contributed by atoms with Gasteiger partial charge in [-0.15, -0.1) is 24.0 Å². The molecular weight excluding hydrogens is 491 g/mol. The number of nitrogens with one attached hydrogen (secondary N) is 2. The Hall–Kier alpha value is -2.29. The van der Waals surface area contributed by atoms with Gasteiger partial charge in [-0.2, -0.15) is 0 Å². The average Bonchev–Trinajstić information content (AvgIpc) is 2.70. The zero-order valence-corrected chi connectivity index (χ0v) is 20.6. The van der Waals surface area contributed by atoms with Gasteiger partial charge in [0.05, 0.1) is 6.54 Å². The van der Waals surface area contributed by atoms with Gasteiger partial charge in [0.15, 0.2) is 5.96 Å². The number of benzene rings is 2. The zero-order chi connectivity index (χ0) is 21.1. The van der Waals surface area contributed by atoms with E-state index in [2.05, 4.69) is 15.6 Å². The van der Waals surface area contributed by atoms with E-state index in [1.165, 1.54) is 5.56 Å². The molecule has 0 bridgehead atoms. The summed E-state index contributed by atoms with van der Waals surface area (Å²) < 4.78 is 5.76. The molecule has 0 saturated carbocycles. The lowest BCUT2D eigenvalue weighted by molar-refractivity contribution is 0.0827. The van der Waals surface area contributed by atoms with Crippen LogP contribution in [0.2, 0.25) is 0 Å². The maximum Gasteiger partial charge on any atom is 0.253 e. The molecule has 1 amide bonds. The highest BCUT2D eigenvalue weighted by Crippen LogP contribution is 2.11. The second kappa shape index (κ2) is 13.8. The van der Waals surface area contributed by atoms with Gasteiger partial charge in [-0.25, -0.2) is 0 Å². The first-order valence-corrected chi connectivity index (χ1v) is 10.0. The smallest absolute Gasteiger partial charge is 0.253 e. The summed E-state index contributed by atoms with van der Waals surface area (Å²) in [6, 6.07) is 15.7. The van der Waals surface area contributed by atoms with Gasteiger partial charge in [-0.05, 0) is 55.7 Å². The Morgan fingerprint density at radius 1 is 1.10 bits per heavy atom. The Morgan fingerprint density at radius 3 is 2.57 bits per heavy atom. The molecule has 7 heteroatoms. The predicted octanol–water partition coefficient (Wildman–Crippen LogP) is 3.49. The number of carbonyl (C=O) groups excluding carboxylic acids is 1. The maximum atomic E-state index is 12.1. The quantitative estimate of drug-likeness (QED) is 0.228. The van der Waals surface area contributed by atoms with Crippen LogP contribution in [0.5, 0.6) is 5.75 Å². The van der Waals surface area contributed by atoms with Gasteiger partial charge < -0.3 is 20.3 Å². The number of nitrogens with zero attached hydrogens (tertiary/aromatic N) is 2. The lowest BCUT2D eigenvalue weighted by Crippen LogP contribution is -2.39. The van der Waals surface area contributed by atoms with E-state index in [0.29, 0.717) is 25.3 Å². The number of rotatable bonds is 9. The van der Waals surface area contributed by atoms with Crippen LogP contribution in [0, 0.1) is 6.92 Å². The topological polar surface area (TPSA) is 66.0 Å². The van der Waals surface area contributed by atoms with E-state index < -0.39 is 0 Å². The average molecular weight is 524 g/mol. The van der Waals surface area contributed by atoms with Crippen molar-refractivity contribution >= 4 is 35.8 Å². The van der Waals surface area contributed by atoms with Crippen LogP contribution in [0.3, 0.4) is 0 Å². The number of halogens is 1. The molecule has 2 aromatic carbocycles. The van der Waals surface area contributed by atoms with Crippen molar-refractivity contribution in [2.45, 2.75) is 20.3 Å². The summed E-state index contributed by atoms with van der Waals surface area (Å²) in [7, 11) is 3.52. The third-order valence-corrected chi connectivity index (χ3v) is 4.25. The molecule has 30 heavy (non-hydrogen) atoms. The van der Waals surface area contributed by atoms with Crippen LogP contribution in [0.1, 0.15) is 28.4 Å². The summed E-state index contributed by atoms with van der Waals surface area (Å²) in [5, 5.41) is 6.53. The molecule has 0 spiro atoms. The second-order valence-electron chi connectivity index (χ2n) is 7.00. The number of carbonyl (C=O) groups is 1. The fourth-order valence-corrected chi connectivity index (χ4v) is 2.80. The molecule has 0 fully saturated rings. The number of aliphatic imine (C=N–C) groups is 1. The molecule has 0 aromatic heterocycles. The van der Waals surface area contributed by atoms with Crippen molar-refractivity contribution in [3.05, 3.63) is 65.2 Å². The first-order chi connectivity index (χ1) is 14.0. The van der Waals surface area contributed by atoms with Crippen molar-refractivity contribution in [2.75, 3.05) is 40.3 Å². The molecule has 2 aromatic rings. The van der Waals surface area contributed by atoms with Gasteiger partial charge in [0, 0.05) is 32.7 Å². The van der Waals surface area contributed by atoms with Crippen molar-refractivity contribution in [2.24, 2.45) is 4.99 Å². The van der Waals surface area contributed by atoms with Gasteiger partial charge in [-0.1, -0.05) is 24.3 Å². The minimum atomic E-state index is 0. The Kier molecular flexibility index (Phi) is 11.9. The Labute approximate surface area is 197 Å². The Bertz CT molecular complexity index is 824. The van der Waals surface area contributed by atoms with Crippen LogP contribution in [0.4, 0.5) is 0 Å². The fourth-order valence-electron chi connectivity index (χ4n) is 2.80. The van der Waals surface area contributed by atoms with Crippen LogP contribution in [-0.4, -0.2) is 57.1 Å². The van der Waals surface area contributed by atoms with Crippen molar-refractivity contribution in [3.8, 4) is 5.75 Å². The normalized spacial score (nSPS) is 10.7. The number of guanidine groups is 1. The molecule has 0 aliphatic rings. The van der Waals surface area contributed by atoms with E-state index in [9.17, 15) is 4.79 Å². The number of hydrogen-bond acceptors (Lipinski definition) is 3. The molecule has 0 unspecified atom stereocenters. The summed E-state index contributed by atoms with van der Waals surface area (Å²) in [6.45, 7) is 6.73. The van der Waals surface area contributed by atoms with E-state index in [4.69, 9.17) is 4.74 Å². The van der Waals surface area contributed by atoms with E-state index in [1.54, 1.807) is 19.0 Å². The SMILES string of the molecule is CCNC(=NCCc1cccc(C(=O)N(C)C)c1)NCCOc1cccc(C)c1.I. The summed E-state index contributed by atoms with van der Waals surface area (Å²) in [4.78, 5) is 18.3. The van der Waals surface area contributed by atoms with E-state index in [0.717, 1.165) is 30.2 Å². The molecule has 0 saturated heterocycles. The molecule has 6 nitrogen and oxygen atoms in total. The maximum absolute atomic E-state index is 12.1. The number of aryl methyl sites for hydroxylation is 1. The molecule has 2 rings (SSSR count). The monoisotopic (exact) mass is 524 g/mol. The van der Waals surface area contributed by atoms with Crippen molar-refractivity contribution in [3.63, 3.8) is 0 Å². The minimum Gasteiger partial charge on any atom is -0.492 e. The molecule has 0 aliphatic heterocycles. The van der Waals surface area contributed by atoms with Gasteiger partial charge in [0.2, 0.25) is 0 Å². The van der Waals surface area contributed by atoms with Crippen LogP contribution in [-0.2, 0) is 6.42 Å². The molecule has 2 N–H and O–H groups in total. The minimum absolute atomic E-state index is 0. The highest BCUT2D eigenvalue weighted by Gasteiger charge is 2.08. The Balaban J connectivity index is 0.00000450. The Morgan fingerprint density at radius 2 is 1.87 bits per heavy atom. The lowest BCUT2D eigenvalue weighted by Gasteiger charge is -2.13. The largest absolute Gasteiger partial charge is 0.492 e. The van der Waals surface area contributed by atoms with Gasteiger partial charge in [0.1, 0.15) is 12.4 Å². The summed E-state index contributed by atoms with van der Waals surface area (Å²) in [6.07, 6.45) is 0.769. The van der Waals surface area contributed by atoms with Gasteiger partial charge >= 0.3 is 0 Å². The van der Waals surface area contributed by atoms with E-state index in [1.807, 2.05) is 62.4 Å². The van der Waals surface area contributed by atoms with Crippen LogP contribution >= 0.6 is 24.0 Å². The van der Waals surface area contributed by atoms with E-state index in [-0.39, 0.29) is 29.9 Å². The van der Waals surface area contributed by atoms with Gasteiger partial charge in [0.25, 0.3) is 5.91 Å². The molecule has 0 aliphatic carbocycles. The number of hydrogen-bond donors (Lipinski definition) is 2. The molecule has 164 valence electrons. The summed E-state index contributed by atoms with van der Waals surface area (Å²) in [5.41, 5.74) is 2.98. The first-order valence-electron chi connectivity index (χ1n) is 10.0. The van der Waals surface area contributed by atoms with Crippen molar-refractivity contribution < 1.29 is 9.53 Å². The number of ether oxygens (including phenoxy) is 1. The first kappa shape index (κ1) is 25.7. The highest BCUT2D eigenvalue weighted by atomic mass is 127. The molecule has 0 atom stereocenters. The summed E-state index contributed by atoms with van der Waals surface area (Å²) >= 11 is 0. The molecular formula is C23H33IN4O2. The molecule has 0 radical (unpaired) electrons. The molecule has 0 heterocycles. The second-order valence-corrected chi connectivity index (χ2v) is 7.00. The predicted molar refractivity (Wildman–Crippen MR) is 134 cm³/mol. The van der Waals surface area contributed by atoms with Crippen molar-refractivity contribution in [1.82, 2.24) is 15.5 Å². The highest BCUT2D eigenvalue weighted by molar-refractivity contribution is 14.0. The van der Waals surface area contributed by atoms with Crippen LogP contribution in [0.25, 0.3) is 0 Å². The van der Waals surface area contributed by atoms with E-state index >= 15 is 0 Å². The number of amides is 1. The lowest BCUT2D eigenvalue weighted by atomic mass is 10.1. The standard InChI is InChI=1S/C23H32N4O2.HI/c1-5-24-23(26-14-15-29-21-11-6-8-18(2)16-21)25-13-12-19-9-7-10-20(17-19)22(28)27(3)4;/h6-11,16-17H,5,12-15H2,1-4H3,(H2,24,25,26);1H. The summed E-state index contributed by atoms with van der Waals surface area (Å²) in [5.74, 6) is 1.65.